The molecule has 1 aromatic carbocycles. The first-order valence-electron chi connectivity index (χ1n) is 8.12. The fourth-order valence-corrected chi connectivity index (χ4v) is 2.62. The maximum atomic E-state index is 12.4. The molecule has 2 rings (SSSR count). The van der Waals surface area contributed by atoms with E-state index in [1.165, 1.54) is 12.1 Å². The summed E-state index contributed by atoms with van der Waals surface area (Å²) in [4.78, 5) is 18.7. The van der Waals surface area contributed by atoms with Crippen LogP contribution < -0.4 is 10.1 Å². The summed E-state index contributed by atoms with van der Waals surface area (Å²) in [7, 11) is 0. The van der Waals surface area contributed by atoms with E-state index in [0.717, 1.165) is 19.6 Å². The quantitative estimate of drug-likeness (QED) is 0.690. The topological polar surface area (TPSA) is 54.5 Å². The SMILES string of the molecule is CCN(CC)CCOc1ccccc1NC(=O)c1nc(Cl)ccc1Cl. The second-order valence-corrected chi connectivity index (χ2v) is 6.08. The Bertz CT molecular complexity index is 721. The average molecular weight is 382 g/mol. The van der Waals surface area contributed by atoms with Crippen LogP contribution in [0.3, 0.4) is 0 Å². The summed E-state index contributed by atoms with van der Waals surface area (Å²) in [5.74, 6) is 0.161. The van der Waals surface area contributed by atoms with Gasteiger partial charge in [0.1, 0.15) is 23.2 Å². The van der Waals surface area contributed by atoms with Crippen molar-refractivity contribution in [2.24, 2.45) is 0 Å². The van der Waals surface area contributed by atoms with E-state index in [4.69, 9.17) is 27.9 Å². The number of carbonyl (C=O) groups excluding carboxylic acids is 1. The first kappa shape index (κ1) is 19.5. The molecule has 0 aliphatic carbocycles. The summed E-state index contributed by atoms with van der Waals surface area (Å²) in [6.45, 7) is 7.51. The molecular weight excluding hydrogens is 361 g/mol. The number of halogens is 2. The Morgan fingerprint density at radius 2 is 1.88 bits per heavy atom. The summed E-state index contributed by atoms with van der Waals surface area (Å²) in [6, 6.07) is 10.3. The molecule has 2 aromatic rings. The van der Waals surface area contributed by atoms with E-state index in [-0.39, 0.29) is 15.9 Å². The lowest BCUT2D eigenvalue weighted by Crippen LogP contribution is -2.28. The summed E-state index contributed by atoms with van der Waals surface area (Å²) >= 11 is 11.9. The molecule has 1 heterocycles. The lowest BCUT2D eigenvalue weighted by Gasteiger charge is -2.19. The number of anilines is 1. The molecule has 0 aliphatic heterocycles. The Balaban J connectivity index is 2.07. The van der Waals surface area contributed by atoms with E-state index in [1.54, 1.807) is 6.07 Å². The predicted molar refractivity (Wildman–Crippen MR) is 102 cm³/mol. The van der Waals surface area contributed by atoms with Crippen molar-refractivity contribution in [1.82, 2.24) is 9.88 Å². The third kappa shape index (κ3) is 5.59. The van der Waals surface area contributed by atoms with Crippen molar-refractivity contribution in [1.29, 1.82) is 0 Å². The van der Waals surface area contributed by atoms with Crippen molar-refractivity contribution in [2.75, 3.05) is 31.6 Å². The number of rotatable bonds is 8. The van der Waals surface area contributed by atoms with Crippen molar-refractivity contribution in [3.63, 3.8) is 0 Å². The van der Waals surface area contributed by atoms with Gasteiger partial charge in [0.25, 0.3) is 5.91 Å². The molecule has 5 nitrogen and oxygen atoms in total. The van der Waals surface area contributed by atoms with E-state index >= 15 is 0 Å². The third-order valence-electron chi connectivity index (χ3n) is 3.72. The highest BCUT2D eigenvalue weighted by Gasteiger charge is 2.15. The van der Waals surface area contributed by atoms with Crippen molar-refractivity contribution >= 4 is 34.8 Å². The number of aromatic nitrogens is 1. The van der Waals surface area contributed by atoms with E-state index in [1.807, 2.05) is 18.2 Å². The van der Waals surface area contributed by atoms with E-state index in [9.17, 15) is 4.79 Å². The minimum Gasteiger partial charge on any atom is -0.490 e. The lowest BCUT2D eigenvalue weighted by molar-refractivity contribution is 0.102. The molecule has 0 atom stereocenters. The molecule has 0 radical (unpaired) electrons. The number of benzene rings is 1. The van der Waals surface area contributed by atoms with Gasteiger partial charge in [0, 0.05) is 6.54 Å². The molecule has 1 aromatic heterocycles. The molecule has 0 unspecified atom stereocenters. The Kier molecular flexibility index (Phi) is 7.50. The first-order chi connectivity index (χ1) is 12.0. The number of hydrogen-bond acceptors (Lipinski definition) is 4. The Hall–Kier alpha value is -1.82. The van der Waals surface area contributed by atoms with Crippen LogP contribution in [0.4, 0.5) is 5.69 Å². The third-order valence-corrected chi connectivity index (χ3v) is 4.24. The van der Waals surface area contributed by atoms with Crippen LogP contribution in [0.15, 0.2) is 36.4 Å². The molecular formula is C18H21Cl2N3O2. The molecule has 0 saturated carbocycles. The predicted octanol–water partition coefficient (Wildman–Crippen LogP) is 4.36. The van der Waals surface area contributed by atoms with Crippen LogP contribution in [0.2, 0.25) is 10.2 Å². The van der Waals surface area contributed by atoms with Gasteiger partial charge in [-0.25, -0.2) is 4.98 Å². The van der Waals surface area contributed by atoms with Gasteiger partial charge in [-0.3, -0.25) is 4.79 Å². The summed E-state index contributed by atoms with van der Waals surface area (Å²) < 4.78 is 5.83. The minimum atomic E-state index is -0.438. The van der Waals surface area contributed by atoms with Gasteiger partial charge in [0.2, 0.25) is 0 Å². The summed E-state index contributed by atoms with van der Waals surface area (Å²) in [6.07, 6.45) is 0. The molecule has 0 fully saturated rings. The molecule has 0 aliphatic rings. The summed E-state index contributed by atoms with van der Waals surface area (Å²) in [5.41, 5.74) is 0.636. The smallest absolute Gasteiger partial charge is 0.275 e. The number of para-hydroxylation sites is 2. The second-order valence-electron chi connectivity index (χ2n) is 5.29. The van der Waals surface area contributed by atoms with E-state index in [0.29, 0.717) is 18.0 Å². The molecule has 134 valence electrons. The molecule has 25 heavy (non-hydrogen) atoms. The van der Waals surface area contributed by atoms with Gasteiger partial charge in [-0.1, -0.05) is 49.2 Å². The number of likely N-dealkylation sites (N-methyl/N-ethyl adjacent to an activating group) is 1. The van der Waals surface area contributed by atoms with Crippen molar-refractivity contribution < 1.29 is 9.53 Å². The van der Waals surface area contributed by atoms with Gasteiger partial charge >= 0.3 is 0 Å². The van der Waals surface area contributed by atoms with Crippen LogP contribution in [0.1, 0.15) is 24.3 Å². The van der Waals surface area contributed by atoms with E-state index < -0.39 is 5.91 Å². The standard InChI is InChI=1S/C18H21Cl2N3O2/c1-3-23(4-2)11-12-25-15-8-6-5-7-14(15)21-18(24)17-13(19)9-10-16(20)22-17/h5-10H,3-4,11-12H2,1-2H3,(H,21,24). The van der Waals surface area contributed by atoms with Crippen LogP contribution in [-0.2, 0) is 0 Å². The Morgan fingerprint density at radius 1 is 1.16 bits per heavy atom. The molecule has 1 N–H and O–H groups in total. The molecule has 7 heteroatoms. The summed E-state index contributed by atoms with van der Waals surface area (Å²) in [5, 5.41) is 3.22. The maximum absolute atomic E-state index is 12.4. The first-order valence-corrected chi connectivity index (χ1v) is 8.88. The van der Waals surface area contributed by atoms with Gasteiger partial charge in [-0.15, -0.1) is 0 Å². The van der Waals surface area contributed by atoms with Crippen LogP contribution in [0, 0.1) is 0 Å². The second kappa shape index (κ2) is 9.61. The zero-order valence-corrected chi connectivity index (χ0v) is 15.8. The number of pyridine rings is 1. The maximum Gasteiger partial charge on any atom is 0.275 e. The highest BCUT2D eigenvalue weighted by molar-refractivity contribution is 6.35. The number of hydrogen-bond donors (Lipinski definition) is 1. The van der Waals surface area contributed by atoms with Gasteiger partial charge in [-0.05, 0) is 37.4 Å². The fraction of sp³-hybridized carbons (Fsp3) is 0.333. The minimum absolute atomic E-state index is 0.0760. The van der Waals surface area contributed by atoms with Crippen LogP contribution >= 0.6 is 23.2 Å². The van der Waals surface area contributed by atoms with Gasteiger partial charge in [0.05, 0.1) is 10.7 Å². The van der Waals surface area contributed by atoms with Crippen LogP contribution in [0.25, 0.3) is 0 Å². The lowest BCUT2D eigenvalue weighted by atomic mass is 10.2. The highest BCUT2D eigenvalue weighted by atomic mass is 35.5. The number of nitrogens with one attached hydrogen (secondary N) is 1. The van der Waals surface area contributed by atoms with E-state index in [2.05, 4.69) is 29.0 Å². The fourth-order valence-electron chi connectivity index (χ4n) is 2.28. The zero-order valence-electron chi connectivity index (χ0n) is 14.3. The Morgan fingerprint density at radius 3 is 2.60 bits per heavy atom. The average Bonchev–Trinajstić information content (AvgIpc) is 2.62. The van der Waals surface area contributed by atoms with Crippen molar-refractivity contribution in [2.45, 2.75) is 13.8 Å². The number of ether oxygens (including phenoxy) is 1. The Labute approximate surface area is 157 Å². The normalized spacial score (nSPS) is 10.8. The number of carbonyl (C=O) groups is 1. The molecule has 1 amide bonds. The number of nitrogens with zero attached hydrogens (tertiary/aromatic N) is 2. The van der Waals surface area contributed by atoms with Gasteiger partial charge in [-0.2, -0.15) is 0 Å². The molecule has 0 saturated heterocycles. The number of amides is 1. The van der Waals surface area contributed by atoms with Crippen LogP contribution in [-0.4, -0.2) is 42.0 Å². The van der Waals surface area contributed by atoms with Crippen molar-refractivity contribution in [3.8, 4) is 5.75 Å². The van der Waals surface area contributed by atoms with Crippen molar-refractivity contribution in [3.05, 3.63) is 52.3 Å². The monoisotopic (exact) mass is 381 g/mol. The molecule has 0 spiro atoms. The molecule has 0 bridgehead atoms. The van der Waals surface area contributed by atoms with Crippen LogP contribution in [0.5, 0.6) is 5.75 Å². The highest BCUT2D eigenvalue weighted by Crippen LogP contribution is 2.25. The van der Waals surface area contributed by atoms with Gasteiger partial charge < -0.3 is 15.0 Å². The largest absolute Gasteiger partial charge is 0.490 e. The zero-order chi connectivity index (χ0) is 18.2. The van der Waals surface area contributed by atoms with Gasteiger partial charge in [0.15, 0.2) is 0 Å².